The summed E-state index contributed by atoms with van der Waals surface area (Å²) >= 11 is 0. The molecule has 142 valence electrons. The molecule has 5 heteroatoms. The Balaban J connectivity index is 1.59. The first kappa shape index (κ1) is 19.1. The molecule has 0 spiro atoms. The predicted octanol–water partition coefficient (Wildman–Crippen LogP) is 3.89. The van der Waals surface area contributed by atoms with Crippen molar-refractivity contribution in [3.05, 3.63) is 65.2 Å². The third-order valence-corrected chi connectivity index (χ3v) is 4.94. The molecule has 2 aromatic carbocycles. The van der Waals surface area contributed by atoms with Crippen molar-refractivity contribution < 1.29 is 14.3 Å². The lowest BCUT2D eigenvalue weighted by molar-refractivity contribution is -0.119. The van der Waals surface area contributed by atoms with Crippen LogP contribution in [0.25, 0.3) is 0 Å². The van der Waals surface area contributed by atoms with Gasteiger partial charge in [-0.1, -0.05) is 43.2 Å². The van der Waals surface area contributed by atoms with Crippen molar-refractivity contribution >= 4 is 17.5 Å². The lowest BCUT2D eigenvalue weighted by Gasteiger charge is -2.12. The molecule has 0 heterocycles. The molecule has 1 aliphatic rings. The Bertz CT molecular complexity index is 798. The van der Waals surface area contributed by atoms with Gasteiger partial charge in [-0.25, -0.2) is 0 Å². The molecule has 27 heavy (non-hydrogen) atoms. The van der Waals surface area contributed by atoms with Gasteiger partial charge in [0.2, 0.25) is 5.91 Å². The van der Waals surface area contributed by atoms with Crippen LogP contribution in [0.4, 0.5) is 5.69 Å². The number of benzene rings is 2. The van der Waals surface area contributed by atoms with Crippen molar-refractivity contribution in [2.75, 3.05) is 12.4 Å². The van der Waals surface area contributed by atoms with Gasteiger partial charge in [-0.2, -0.15) is 0 Å². The Labute approximate surface area is 160 Å². The van der Waals surface area contributed by atoms with Crippen LogP contribution < -0.4 is 10.6 Å². The topological polar surface area (TPSA) is 67.4 Å². The maximum atomic E-state index is 12.5. The zero-order chi connectivity index (χ0) is 19.1. The van der Waals surface area contributed by atoms with E-state index in [2.05, 4.69) is 10.6 Å². The van der Waals surface area contributed by atoms with Crippen LogP contribution in [-0.2, 0) is 22.7 Å². The number of carbonyl (C=O) groups excluding carboxylic acids is 2. The summed E-state index contributed by atoms with van der Waals surface area (Å²) in [7, 11) is 1.61. The Kier molecular flexibility index (Phi) is 6.60. The van der Waals surface area contributed by atoms with Crippen LogP contribution in [0.15, 0.2) is 48.5 Å². The van der Waals surface area contributed by atoms with Crippen LogP contribution in [0.2, 0.25) is 0 Å². The molecule has 2 amide bonds. The molecule has 0 saturated heterocycles. The van der Waals surface area contributed by atoms with E-state index in [1.54, 1.807) is 13.2 Å². The summed E-state index contributed by atoms with van der Waals surface area (Å²) in [5.41, 5.74) is 3.19. The lowest BCUT2D eigenvalue weighted by Crippen LogP contribution is -2.24. The molecule has 1 saturated carbocycles. The van der Waals surface area contributed by atoms with Gasteiger partial charge in [0.05, 0.1) is 6.61 Å². The van der Waals surface area contributed by atoms with Gasteiger partial charge in [0.25, 0.3) is 5.91 Å². The third kappa shape index (κ3) is 5.17. The second kappa shape index (κ2) is 9.33. The maximum Gasteiger partial charge on any atom is 0.251 e. The van der Waals surface area contributed by atoms with E-state index in [0.29, 0.717) is 18.7 Å². The SMILES string of the molecule is COCc1ccccc1C(=O)NCc1cccc(NC(=O)C2CCCC2)c1. The fourth-order valence-electron chi connectivity index (χ4n) is 3.49. The molecule has 1 aliphatic carbocycles. The van der Waals surface area contributed by atoms with Gasteiger partial charge in [0, 0.05) is 30.8 Å². The van der Waals surface area contributed by atoms with Crippen molar-refractivity contribution in [2.45, 2.75) is 38.8 Å². The van der Waals surface area contributed by atoms with Crippen LogP contribution >= 0.6 is 0 Å². The van der Waals surface area contributed by atoms with Gasteiger partial charge >= 0.3 is 0 Å². The Hall–Kier alpha value is -2.66. The third-order valence-electron chi connectivity index (χ3n) is 4.94. The Morgan fingerprint density at radius 1 is 1.07 bits per heavy atom. The van der Waals surface area contributed by atoms with E-state index in [1.165, 1.54) is 0 Å². The van der Waals surface area contributed by atoms with Gasteiger partial charge < -0.3 is 15.4 Å². The molecule has 2 aromatic rings. The van der Waals surface area contributed by atoms with E-state index >= 15 is 0 Å². The first-order chi connectivity index (χ1) is 13.2. The van der Waals surface area contributed by atoms with E-state index < -0.39 is 0 Å². The van der Waals surface area contributed by atoms with E-state index in [-0.39, 0.29) is 17.7 Å². The standard InChI is InChI=1S/C22H26N2O3/c1-27-15-18-10-4-5-12-20(18)22(26)23-14-16-7-6-11-19(13-16)24-21(25)17-8-2-3-9-17/h4-7,10-13,17H,2-3,8-9,14-15H2,1H3,(H,23,26)(H,24,25). The highest BCUT2D eigenvalue weighted by Crippen LogP contribution is 2.26. The first-order valence-electron chi connectivity index (χ1n) is 9.42. The second-order valence-electron chi connectivity index (χ2n) is 6.94. The molecular formula is C22H26N2O3. The van der Waals surface area contributed by atoms with Gasteiger partial charge in [-0.3, -0.25) is 9.59 Å². The van der Waals surface area contributed by atoms with E-state index in [0.717, 1.165) is 42.5 Å². The number of carbonyl (C=O) groups is 2. The number of amides is 2. The van der Waals surface area contributed by atoms with Crippen molar-refractivity contribution in [2.24, 2.45) is 5.92 Å². The molecule has 3 rings (SSSR count). The summed E-state index contributed by atoms with van der Waals surface area (Å²) in [5.74, 6) is 0.0934. The molecule has 2 N–H and O–H groups in total. The number of hydrogen-bond acceptors (Lipinski definition) is 3. The molecule has 0 bridgehead atoms. The summed E-state index contributed by atoms with van der Waals surface area (Å²) in [6, 6.07) is 15.0. The highest BCUT2D eigenvalue weighted by atomic mass is 16.5. The van der Waals surface area contributed by atoms with Gasteiger partial charge in [-0.15, -0.1) is 0 Å². The van der Waals surface area contributed by atoms with Crippen molar-refractivity contribution in [1.29, 1.82) is 0 Å². The maximum absolute atomic E-state index is 12.5. The Morgan fingerprint density at radius 2 is 1.85 bits per heavy atom. The van der Waals surface area contributed by atoms with Crippen LogP contribution in [0, 0.1) is 5.92 Å². The highest BCUT2D eigenvalue weighted by molar-refractivity contribution is 5.95. The normalized spacial score (nSPS) is 14.1. The lowest BCUT2D eigenvalue weighted by atomic mass is 10.1. The monoisotopic (exact) mass is 366 g/mol. The minimum atomic E-state index is -0.136. The Morgan fingerprint density at radius 3 is 2.63 bits per heavy atom. The molecule has 0 atom stereocenters. The van der Waals surface area contributed by atoms with Gasteiger partial charge in [0.15, 0.2) is 0 Å². The summed E-state index contributed by atoms with van der Waals surface area (Å²) in [6.45, 7) is 0.791. The number of hydrogen-bond donors (Lipinski definition) is 2. The largest absolute Gasteiger partial charge is 0.380 e. The number of methoxy groups -OCH3 is 1. The summed E-state index contributed by atoms with van der Waals surface area (Å²) in [6.07, 6.45) is 4.22. The zero-order valence-electron chi connectivity index (χ0n) is 15.7. The molecule has 0 radical (unpaired) electrons. The predicted molar refractivity (Wildman–Crippen MR) is 105 cm³/mol. The molecule has 0 aromatic heterocycles. The summed E-state index contributed by atoms with van der Waals surface area (Å²) < 4.78 is 5.16. The molecule has 1 fully saturated rings. The van der Waals surface area contributed by atoms with Crippen molar-refractivity contribution in [3.63, 3.8) is 0 Å². The summed E-state index contributed by atoms with van der Waals surface area (Å²) in [4.78, 5) is 24.8. The number of rotatable bonds is 7. The highest BCUT2D eigenvalue weighted by Gasteiger charge is 2.22. The van der Waals surface area contributed by atoms with Crippen molar-refractivity contribution in [1.82, 2.24) is 5.32 Å². The van der Waals surface area contributed by atoms with Crippen LogP contribution in [0.1, 0.15) is 47.2 Å². The minimum Gasteiger partial charge on any atom is -0.380 e. The molecule has 0 aliphatic heterocycles. The van der Waals surface area contributed by atoms with Crippen LogP contribution in [-0.4, -0.2) is 18.9 Å². The molecule has 0 unspecified atom stereocenters. The van der Waals surface area contributed by atoms with Crippen molar-refractivity contribution in [3.8, 4) is 0 Å². The van der Waals surface area contributed by atoms with E-state index in [1.807, 2.05) is 42.5 Å². The second-order valence-corrected chi connectivity index (χ2v) is 6.94. The number of nitrogens with one attached hydrogen (secondary N) is 2. The molecular weight excluding hydrogens is 340 g/mol. The first-order valence-corrected chi connectivity index (χ1v) is 9.42. The van der Waals surface area contributed by atoms with Crippen LogP contribution in [0.5, 0.6) is 0 Å². The average molecular weight is 366 g/mol. The number of ether oxygens (including phenoxy) is 1. The van der Waals surface area contributed by atoms with E-state index in [4.69, 9.17) is 4.74 Å². The van der Waals surface area contributed by atoms with Gasteiger partial charge in [0.1, 0.15) is 0 Å². The van der Waals surface area contributed by atoms with E-state index in [9.17, 15) is 9.59 Å². The quantitative estimate of drug-likeness (QED) is 0.781. The summed E-state index contributed by atoms with van der Waals surface area (Å²) in [5, 5.41) is 5.94. The van der Waals surface area contributed by atoms with Crippen LogP contribution in [0.3, 0.4) is 0 Å². The fraction of sp³-hybridized carbons (Fsp3) is 0.364. The minimum absolute atomic E-state index is 0.0992. The zero-order valence-corrected chi connectivity index (χ0v) is 15.7. The smallest absolute Gasteiger partial charge is 0.251 e. The molecule has 5 nitrogen and oxygen atoms in total. The fourth-order valence-corrected chi connectivity index (χ4v) is 3.49. The average Bonchev–Trinajstić information content (AvgIpc) is 3.22. The van der Waals surface area contributed by atoms with Gasteiger partial charge in [-0.05, 0) is 42.2 Å². The number of anilines is 1.